The lowest BCUT2D eigenvalue weighted by Crippen LogP contribution is -2.58. The Morgan fingerprint density at radius 2 is 1.93 bits per heavy atom. The standard InChI is InChI=1S/C23H36O5/c1-14(12-21(26)27-7)10-11-22(5)16(3)19(28-17(4)24)13-23(6)15(2)18(25)8-9-20(22)23/h12,16,18-20,25H,2,8-11,13H2,1,3-7H3. The van der Waals surface area contributed by atoms with Gasteiger partial charge in [0.1, 0.15) is 6.10 Å². The van der Waals surface area contributed by atoms with Gasteiger partial charge in [-0.15, -0.1) is 0 Å². The molecule has 0 aromatic rings. The molecular formula is C23H36O5. The van der Waals surface area contributed by atoms with Crippen molar-refractivity contribution in [3.8, 4) is 0 Å². The lowest BCUT2D eigenvalue weighted by atomic mass is 9.45. The number of allylic oxidation sites excluding steroid dienone is 1. The van der Waals surface area contributed by atoms with Gasteiger partial charge in [-0.2, -0.15) is 0 Å². The highest BCUT2D eigenvalue weighted by Crippen LogP contribution is 2.63. The Hall–Kier alpha value is -1.62. The van der Waals surface area contributed by atoms with Gasteiger partial charge in [0.05, 0.1) is 13.2 Å². The molecule has 0 radical (unpaired) electrons. The zero-order valence-corrected chi connectivity index (χ0v) is 18.2. The molecule has 0 aliphatic heterocycles. The second kappa shape index (κ2) is 8.40. The number of carbonyl (C=O) groups is 2. The predicted octanol–water partition coefficient (Wildman–Crippen LogP) is 4.20. The molecule has 0 amide bonds. The minimum atomic E-state index is -0.502. The van der Waals surface area contributed by atoms with Gasteiger partial charge in [-0.3, -0.25) is 4.79 Å². The van der Waals surface area contributed by atoms with E-state index in [9.17, 15) is 14.7 Å². The van der Waals surface area contributed by atoms with Crippen LogP contribution < -0.4 is 0 Å². The van der Waals surface area contributed by atoms with E-state index in [-0.39, 0.29) is 34.8 Å². The summed E-state index contributed by atoms with van der Waals surface area (Å²) in [4.78, 5) is 23.3. The largest absolute Gasteiger partial charge is 0.466 e. The lowest BCUT2D eigenvalue weighted by molar-refractivity contribution is -0.173. The first-order valence-corrected chi connectivity index (χ1v) is 10.3. The highest BCUT2D eigenvalue weighted by atomic mass is 16.5. The third kappa shape index (κ3) is 4.19. The van der Waals surface area contributed by atoms with E-state index in [1.807, 2.05) is 6.92 Å². The van der Waals surface area contributed by atoms with Crippen LogP contribution in [0.5, 0.6) is 0 Å². The normalized spacial score (nSPS) is 38.5. The molecule has 0 bridgehead atoms. The summed E-state index contributed by atoms with van der Waals surface area (Å²) in [6.45, 7) is 14.2. The number of carbonyl (C=O) groups excluding carboxylic acids is 2. The highest BCUT2D eigenvalue weighted by Gasteiger charge is 2.59. The second-order valence-corrected chi connectivity index (χ2v) is 9.25. The first-order valence-electron chi connectivity index (χ1n) is 10.3. The van der Waals surface area contributed by atoms with Crippen molar-refractivity contribution in [1.82, 2.24) is 0 Å². The summed E-state index contributed by atoms with van der Waals surface area (Å²) in [5.41, 5.74) is 1.45. The molecule has 5 nitrogen and oxygen atoms in total. The summed E-state index contributed by atoms with van der Waals surface area (Å²) in [6, 6.07) is 0. The first-order chi connectivity index (χ1) is 13.0. The van der Waals surface area contributed by atoms with E-state index in [4.69, 9.17) is 9.47 Å². The van der Waals surface area contributed by atoms with Crippen LogP contribution in [0.4, 0.5) is 0 Å². The van der Waals surface area contributed by atoms with E-state index in [0.29, 0.717) is 12.3 Å². The van der Waals surface area contributed by atoms with Crippen molar-refractivity contribution in [1.29, 1.82) is 0 Å². The Bertz CT molecular complexity index is 666. The average molecular weight is 393 g/mol. The number of methoxy groups -OCH3 is 1. The third-order valence-electron chi connectivity index (χ3n) is 7.59. The molecule has 2 aliphatic rings. The van der Waals surface area contributed by atoms with Crippen molar-refractivity contribution in [3.05, 3.63) is 23.8 Å². The van der Waals surface area contributed by atoms with E-state index < -0.39 is 6.10 Å². The molecule has 0 heterocycles. The Labute approximate surface area is 169 Å². The number of ether oxygens (including phenoxy) is 2. The van der Waals surface area contributed by atoms with Gasteiger partial charge in [-0.05, 0) is 67.3 Å². The molecule has 0 saturated heterocycles. The molecular weight excluding hydrogens is 356 g/mol. The van der Waals surface area contributed by atoms with Crippen molar-refractivity contribution >= 4 is 11.9 Å². The van der Waals surface area contributed by atoms with Crippen LogP contribution in [0.15, 0.2) is 23.8 Å². The predicted molar refractivity (Wildman–Crippen MR) is 108 cm³/mol. The summed E-state index contributed by atoms with van der Waals surface area (Å²) in [5, 5.41) is 10.5. The van der Waals surface area contributed by atoms with Gasteiger partial charge in [0.15, 0.2) is 0 Å². The molecule has 28 heavy (non-hydrogen) atoms. The van der Waals surface area contributed by atoms with Crippen LogP contribution in [0.2, 0.25) is 0 Å². The molecule has 2 saturated carbocycles. The van der Waals surface area contributed by atoms with Gasteiger partial charge in [-0.25, -0.2) is 4.79 Å². The number of rotatable bonds is 5. The number of hydrogen-bond donors (Lipinski definition) is 1. The quantitative estimate of drug-likeness (QED) is 0.431. The topological polar surface area (TPSA) is 72.8 Å². The molecule has 5 heteroatoms. The van der Waals surface area contributed by atoms with Crippen LogP contribution in [0, 0.1) is 22.7 Å². The van der Waals surface area contributed by atoms with E-state index >= 15 is 0 Å². The minimum absolute atomic E-state index is 0.110. The number of esters is 2. The maximum absolute atomic E-state index is 11.7. The second-order valence-electron chi connectivity index (χ2n) is 9.25. The Kier molecular flexibility index (Phi) is 6.80. The fourth-order valence-electron chi connectivity index (χ4n) is 5.65. The van der Waals surface area contributed by atoms with Gasteiger partial charge in [-0.1, -0.05) is 32.9 Å². The fourth-order valence-corrected chi connectivity index (χ4v) is 5.65. The Morgan fingerprint density at radius 1 is 1.29 bits per heavy atom. The summed E-state index contributed by atoms with van der Waals surface area (Å²) >= 11 is 0. The third-order valence-corrected chi connectivity index (χ3v) is 7.59. The lowest BCUT2D eigenvalue weighted by Gasteiger charge is -2.61. The maximum atomic E-state index is 11.7. The van der Waals surface area contributed by atoms with E-state index in [2.05, 4.69) is 27.4 Å². The number of hydrogen-bond acceptors (Lipinski definition) is 5. The van der Waals surface area contributed by atoms with Gasteiger partial charge in [0.25, 0.3) is 0 Å². The zero-order valence-electron chi connectivity index (χ0n) is 18.2. The zero-order chi connectivity index (χ0) is 21.3. The number of fused-ring (bicyclic) bond motifs is 1. The minimum Gasteiger partial charge on any atom is -0.466 e. The molecule has 1 N–H and O–H groups in total. The Balaban J connectivity index is 2.36. The number of aliphatic hydroxyl groups is 1. The van der Waals surface area contributed by atoms with Crippen LogP contribution in [-0.2, 0) is 19.1 Å². The summed E-state index contributed by atoms with van der Waals surface area (Å²) in [7, 11) is 1.38. The molecule has 0 spiro atoms. The van der Waals surface area contributed by atoms with E-state index in [1.165, 1.54) is 14.0 Å². The van der Waals surface area contributed by atoms with Crippen LogP contribution in [-0.4, -0.2) is 36.4 Å². The maximum Gasteiger partial charge on any atom is 0.330 e. The van der Waals surface area contributed by atoms with Gasteiger partial charge in [0, 0.05) is 13.0 Å². The van der Waals surface area contributed by atoms with Gasteiger partial charge < -0.3 is 14.6 Å². The Morgan fingerprint density at radius 3 is 2.50 bits per heavy atom. The highest BCUT2D eigenvalue weighted by molar-refractivity contribution is 5.82. The summed E-state index contributed by atoms with van der Waals surface area (Å²) in [5.74, 6) is -0.104. The molecule has 2 aliphatic carbocycles. The van der Waals surface area contributed by atoms with Crippen molar-refractivity contribution in [2.45, 2.75) is 78.9 Å². The van der Waals surface area contributed by atoms with Crippen molar-refractivity contribution in [2.24, 2.45) is 22.7 Å². The van der Waals surface area contributed by atoms with Crippen molar-refractivity contribution in [2.75, 3.05) is 7.11 Å². The molecule has 2 fully saturated rings. The first kappa shape index (κ1) is 22.7. The smallest absolute Gasteiger partial charge is 0.330 e. The van der Waals surface area contributed by atoms with Crippen molar-refractivity contribution < 1.29 is 24.2 Å². The monoisotopic (exact) mass is 392 g/mol. The van der Waals surface area contributed by atoms with Gasteiger partial charge >= 0.3 is 11.9 Å². The molecule has 0 aromatic carbocycles. The number of aliphatic hydroxyl groups excluding tert-OH is 1. The fraction of sp³-hybridized carbons (Fsp3) is 0.739. The molecule has 6 unspecified atom stereocenters. The SMILES string of the molecule is C=C1C(O)CCC2C1(C)CC(OC(C)=O)C(C)C2(C)CCC(C)=CC(=O)OC. The van der Waals surface area contributed by atoms with E-state index in [0.717, 1.165) is 36.8 Å². The molecule has 2 rings (SSSR count). The van der Waals surface area contributed by atoms with E-state index in [1.54, 1.807) is 6.08 Å². The van der Waals surface area contributed by atoms with Crippen LogP contribution in [0.25, 0.3) is 0 Å². The van der Waals surface area contributed by atoms with Crippen molar-refractivity contribution in [3.63, 3.8) is 0 Å². The summed E-state index contributed by atoms with van der Waals surface area (Å²) in [6.07, 6.45) is 4.80. The van der Waals surface area contributed by atoms with Gasteiger partial charge in [0.2, 0.25) is 0 Å². The summed E-state index contributed by atoms with van der Waals surface area (Å²) < 4.78 is 10.5. The molecule has 6 atom stereocenters. The van der Waals surface area contributed by atoms with Crippen LogP contribution >= 0.6 is 0 Å². The van der Waals surface area contributed by atoms with Crippen LogP contribution in [0.1, 0.15) is 66.7 Å². The molecule has 0 aromatic heterocycles. The van der Waals surface area contributed by atoms with Crippen LogP contribution in [0.3, 0.4) is 0 Å². The average Bonchev–Trinajstić information content (AvgIpc) is 2.62. The molecule has 158 valence electrons.